The number of thioether (sulfide) groups is 1. The van der Waals surface area contributed by atoms with Gasteiger partial charge in [0.1, 0.15) is 11.1 Å². The Kier molecular flexibility index (Phi) is 4.23. The second-order valence-electron chi connectivity index (χ2n) is 2.19. The van der Waals surface area contributed by atoms with Crippen LogP contribution in [0.4, 0.5) is 0 Å². The largest absolute Gasteiger partial charge is 0.384 e. The van der Waals surface area contributed by atoms with E-state index in [1.807, 2.05) is 6.07 Å². The van der Waals surface area contributed by atoms with Gasteiger partial charge in [-0.3, -0.25) is 0 Å². The van der Waals surface area contributed by atoms with Crippen molar-refractivity contribution in [2.24, 2.45) is 0 Å². The molecule has 0 saturated carbocycles. The highest BCUT2D eigenvalue weighted by Crippen LogP contribution is 2.12. The van der Waals surface area contributed by atoms with Crippen LogP contribution in [-0.2, 0) is 4.74 Å². The van der Waals surface area contributed by atoms with E-state index in [2.05, 4.69) is 9.97 Å². The summed E-state index contributed by atoms with van der Waals surface area (Å²) >= 11 is 1.56. The van der Waals surface area contributed by atoms with Crippen LogP contribution in [0.5, 0.6) is 0 Å². The average molecular weight is 195 g/mol. The monoisotopic (exact) mass is 195 g/mol. The number of hydrogen-bond acceptors (Lipinski definition) is 5. The van der Waals surface area contributed by atoms with Crippen molar-refractivity contribution in [1.29, 1.82) is 5.26 Å². The lowest BCUT2D eigenvalue weighted by Crippen LogP contribution is -1.93. The quantitative estimate of drug-likeness (QED) is 0.531. The lowest BCUT2D eigenvalue weighted by Gasteiger charge is -1.98. The van der Waals surface area contributed by atoms with Gasteiger partial charge in [0.15, 0.2) is 5.69 Å². The van der Waals surface area contributed by atoms with Crippen LogP contribution in [-0.4, -0.2) is 29.4 Å². The molecular formula is C8H9N3OS. The van der Waals surface area contributed by atoms with E-state index < -0.39 is 0 Å². The molecule has 0 aliphatic carbocycles. The first-order chi connectivity index (χ1) is 6.36. The summed E-state index contributed by atoms with van der Waals surface area (Å²) in [5, 5.41) is 9.28. The minimum atomic E-state index is 0.344. The molecule has 0 aliphatic rings. The Morgan fingerprint density at radius 2 is 2.38 bits per heavy atom. The number of nitrogens with zero attached hydrogens (tertiary/aromatic N) is 3. The maximum atomic E-state index is 8.46. The summed E-state index contributed by atoms with van der Waals surface area (Å²) in [4.78, 5) is 7.93. The van der Waals surface area contributed by atoms with Crippen LogP contribution in [0.1, 0.15) is 5.69 Å². The molecule has 0 aromatic carbocycles. The van der Waals surface area contributed by atoms with E-state index in [0.717, 1.165) is 10.8 Å². The number of rotatable bonds is 4. The van der Waals surface area contributed by atoms with Gasteiger partial charge >= 0.3 is 0 Å². The molecule has 0 radical (unpaired) electrons. The molecule has 68 valence electrons. The van der Waals surface area contributed by atoms with E-state index in [1.54, 1.807) is 25.1 Å². The second kappa shape index (κ2) is 5.51. The molecule has 1 rings (SSSR count). The molecule has 13 heavy (non-hydrogen) atoms. The molecule has 0 amide bonds. The first-order valence-electron chi connectivity index (χ1n) is 3.70. The van der Waals surface area contributed by atoms with Crippen molar-refractivity contribution < 1.29 is 4.74 Å². The van der Waals surface area contributed by atoms with Crippen LogP contribution < -0.4 is 0 Å². The van der Waals surface area contributed by atoms with Gasteiger partial charge in [0.2, 0.25) is 0 Å². The smallest absolute Gasteiger partial charge is 0.158 e. The van der Waals surface area contributed by atoms with Crippen molar-refractivity contribution in [3.8, 4) is 6.07 Å². The highest BCUT2D eigenvalue weighted by molar-refractivity contribution is 7.99. The third-order valence-electron chi connectivity index (χ3n) is 1.28. The highest BCUT2D eigenvalue weighted by Gasteiger charge is 1.96. The number of nitriles is 1. The van der Waals surface area contributed by atoms with Gasteiger partial charge in [-0.05, 0) is 0 Å². The van der Waals surface area contributed by atoms with E-state index in [9.17, 15) is 0 Å². The van der Waals surface area contributed by atoms with E-state index in [-0.39, 0.29) is 0 Å². The number of aromatic nitrogens is 2. The third kappa shape index (κ3) is 3.40. The Labute approximate surface area is 81.0 Å². The zero-order valence-corrected chi connectivity index (χ0v) is 8.04. The molecule has 0 aliphatic heterocycles. The van der Waals surface area contributed by atoms with E-state index in [0.29, 0.717) is 12.3 Å². The molecule has 0 N–H and O–H groups in total. The number of ether oxygens (including phenoxy) is 1. The van der Waals surface area contributed by atoms with Crippen LogP contribution >= 0.6 is 11.8 Å². The third-order valence-corrected chi connectivity index (χ3v) is 2.16. The molecule has 1 aromatic heterocycles. The lowest BCUT2D eigenvalue weighted by atomic mass is 10.5. The van der Waals surface area contributed by atoms with Gasteiger partial charge in [0.05, 0.1) is 19.0 Å². The maximum absolute atomic E-state index is 8.46. The molecule has 1 aromatic rings. The molecule has 0 atom stereocenters. The predicted molar refractivity (Wildman–Crippen MR) is 49.3 cm³/mol. The standard InChI is InChI=1S/C8H9N3OS/c1-12-2-3-13-8-6-10-7(4-9)5-11-8/h5-6H,2-3H2,1H3. The topological polar surface area (TPSA) is 58.8 Å². The van der Waals surface area contributed by atoms with Crippen LogP contribution in [0, 0.1) is 11.3 Å². The van der Waals surface area contributed by atoms with Crippen molar-refractivity contribution in [2.45, 2.75) is 5.03 Å². The lowest BCUT2D eigenvalue weighted by molar-refractivity contribution is 0.218. The predicted octanol–water partition coefficient (Wildman–Crippen LogP) is 1.09. The van der Waals surface area contributed by atoms with E-state index in [1.165, 1.54) is 6.20 Å². The molecule has 0 unspecified atom stereocenters. The Morgan fingerprint density at radius 3 is 2.92 bits per heavy atom. The Hall–Kier alpha value is -1.12. The second-order valence-corrected chi connectivity index (χ2v) is 3.31. The minimum Gasteiger partial charge on any atom is -0.384 e. The highest BCUT2D eigenvalue weighted by atomic mass is 32.2. The van der Waals surface area contributed by atoms with Gasteiger partial charge < -0.3 is 4.74 Å². The molecule has 4 nitrogen and oxygen atoms in total. The first kappa shape index (κ1) is 9.96. The van der Waals surface area contributed by atoms with Crippen molar-refractivity contribution >= 4 is 11.8 Å². The van der Waals surface area contributed by atoms with Gasteiger partial charge in [-0.15, -0.1) is 11.8 Å². The SMILES string of the molecule is COCCSc1cnc(C#N)cn1. The fourth-order valence-corrected chi connectivity index (χ4v) is 1.39. The Bertz CT molecular complexity index is 293. The Balaban J connectivity index is 2.46. The normalized spacial score (nSPS) is 9.54. The maximum Gasteiger partial charge on any atom is 0.158 e. The minimum absolute atomic E-state index is 0.344. The van der Waals surface area contributed by atoms with Crippen molar-refractivity contribution in [3.63, 3.8) is 0 Å². The number of methoxy groups -OCH3 is 1. The fourth-order valence-electron chi connectivity index (χ4n) is 0.678. The first-order valence-corrected chi connectivity index (χ1v) is 4.69. The van der Waals surface area contributed by atoms with Crippen LogP contribution in [0.15, 0.2) is 17.4 Å². The summed E-state index contributed by atoms with van der Waals surface area (Å²) in [6.07, 6.45) is 3.06. The summed E-state index contributed by atoms with van der Waals surface area (Å²) in [6, 6.07) is 1.91. The van der Waals surface area contributed by atoms with Crippen molar-refractivity contribution in [2.75, 3.05) is 19.5 Å². The summed E-state index contributed by atoms with van der Waals surface area (Å²) < 4.78 is 4.89. The van der Waals surface area contributed by atoms with Gasteiger partial charge in [0, 0.05) is 12.9 Å². The molecule has 1 heterocycles. The van der Waals surface area contributed by atoms with Gasteiger partial charge in [-0.2, -0.15) is 5.26 Å². The van der Waals surface area contributed by atoms with Crippen LogP contribution in [0.25, 0.3) is 0 Å². The van der Waals surface area contributed by atoms with Gasteiger partial charge in [-0.25, -0.2) is 9.97 Å². The van der Waals surface area contributed by atoms with Crippen molar-refractivity contribution in [1.82, 2.24) is 9.97 Å². The van der Waals surface area contributed by atoms with E-state index >= 15 is 0 Å². The molecule has 0 spiro atoms. The summed E-state index contributed by atoms with van der Waals surface area (Å²) in [6.45, 7) is 0.687. The zero-order valence-electron chi connectivity index (χ0n) is 7.23. The van der Waals surface area contributed by atoms with Crippen LogP contribution in [0.2, 0.25) is 0 Å². The van der Waals surface area contributed by atoms with Gasteiger partial charge in [-0.1, -0.05) is 0 Å². The molecule has 5 heteroatoms. The van der Waals surface area contributed by atoms with E-state index in [4.69, 9.17) is 10.00 Å². The van der Waals surface area contributed by atoms with Crippen LogP contribution in [0.3, 0.4) is 0 Å². The molecule has 0 bridgehead atoms. The average Bonchev–Trinajstić information content (AvgIpc) is 2.19. The fraction of sp³-hybridized carbons (Fsp3) is 0.375. The van der Waals surface area contributed by atoms with Gasteiger partial charge in [0.25, 0.3) is 0 Å². The van der Waals surface area contributed by atoms with Crippen molar-refractivity contribution in [3.05, 3.63) is 18.1 Å². The molecule has 0 saturated heterocycles. The zero-order chi connectivity index (χ0) is 9.52. The summed E-state index contributed by atoms with van der Waals surface area (Å²) in [5.41, 5.74) is 0.344. The summed E-state index contributed by atoms with van der Waals surface area (Å²) in [7, 11) is 1.66. The number of hydrogen-bond donors (Lipinski definition) is 0. The summed E-state index contributed by atoms with van der Waals surface area (Å²) in [5.74, 6) is 0.844. The molecule has 0 fully saturated rings. The molecular weight excluding hydrogens is 186 g/mol. The Morgan fingerprint density at radius 1 is 1.54 bits per heavy atom.